The molecule has 3 aromatic carbocycles. The van der Waals surface area contributed by atoms with Crippen molar-refractivity contribution in [2.24, 2.45) is 0 Å². The second kappa shape index (κ2) is 8.10. The third kappa shape index (κ3) is 3.30. The van der Waals surface area contributed by atoms with Gasteiger partial charge in [-0.25, -0.2) is 4.79 Å². The number of nitrogens with zero attached hydrogens (tertiary/aromatic N) is 2. The number of nitrogens with one attached hydrogen (secondary N) is 1. The summed E-state index contributed by atoms with van der Waals surface area (Å²) in [5.74, 6) is 0.518. The van der Waals surface area contributed by atoms with Crippen molar-refractivity contribution in [3.8, 4) is 11.1 Å². The molecule has 0 spiro atoms. The molecule has 0 atom stereocenters. The fourth-order valence-corrected chi connectivity index (χ4v) is 5.93. The number of para-hydroxylation sites is 2. The van der Waals surface area contributed by atoms with Gasteiger partial charge in [0.25, 0.3) is 0 Å². The van der Waals surface area contributed by atoms with Crippen LogP contribution in [0.2, 0.25) is 0 Å². The van der Waals surface area contributed by atoms with E-state index in [1.165, 1.54) is 35.1 Å². The fourth-order valence-electron chi connectivity index (χ4n) is 5.93. The zero-order valence-electron chi connectivity index (χ0n) is 18.3. The van der Waals surface area contributed by atoms with Crippen LogP contribution in [0, 0.1) is 0 Å². The van der Waals surface area contributed by atoms with E-state index in [9.17, 15) is 4.79 Å². The number of hydrogen-bond acceptors (Lipinski definition) is 2. The smallest absolute Gasteiger partial charge is 0.306 e. The molecule has 162 valence electrons. The van der Waals surface area contributed by atoms with E-state index in [0.717, 1.165) is 43.5 Å². The lowest BCUT2D eigenvalue weighted by Crippen LogP contribution is -2.37. The molecule has 4 aromatic rings. The Labute approximate surface area is 188 Å². The molecule has 6 rings (SSSR count). The topological polar surface area (TPSA) is 41.0 Å². The van der Waals surface area contributed by atoms with Gasteiger partial charge in [0.2, 0.25) is 0 Å². The summed E-state index contributed by atoms with van der Waals surface area (Å²) in [6.07, 6.45) is 4.47. The Hall–Kier alpha value is -3.11. The van der Waals surface area contributed by atoms with Crippen LogP contribution >= 0.6 is 0 Å². The van der Waals surface area contributed by atoms with Gasteiger partial charge in [-0.1, -0.05) is 60.7 Å². The van der Waals surface area contributed by atoms with Crippen LogP contribution in [0.1, 0.15) is 48.8 Å². The summed E-state index contributed by atoms with van der Waals surface area (Å²) in [5, 5.41) is 0. The first-order valence-corrected chi connectivity index (χ1v) is 11.9. The summed E-state index contributed by atoms with van der Waals surface area (Å²) < 4.78 is 1.99. The van der Waals surface area contributed by atoms with Crippen molar-refractivity contribution >= 4 is 11.0 Å². The van der Waals surface area contributed by atoms with Crippen molar-refractivity contribution in [3.63, 3.8) is 0 Å². The van der Waals surface area contributed by atoms with E-state index < -0.39 is 0 Å². The molecule has 2 heterocycles. The van der Waals surface area contributed by atoms with Crippen molar-refractivity contribution in [2.45, 2.75) is 37.6 Å². The molecular formula is C28H29N3O. The monoisotopic (exact) mass is 423 g/mol. The van der Waals surface area contributed by atoms with E-state index in [-0.39, 0.29) is 5.69 Å². The van der Waals surface area contributed by atoms with Crippen LogP contribution in [-0.2, 0) is 0 Å². The number of aromatic nitrogens is 2. The first-order valence-electron chi connectivity index (χ1n) is 11.9. The minimum Gasteiger partial charge on any atom is -0.306 e. The van der Waals surface area contributed by atoms with E-state index in [2.05, 4.69) is 64.5 Å². The van der Waals surface area contributed by atoms with Gasteiger partial charge in [-0.05, 0) is 66.6 Å². The van der Waals surface area contributed by atoms with Gasteiger partial charge in [0, 0.05) is 25.0 Å². The van der Waals surface area contributed by atoms with Crippen LogP contribution in [0.15, 0.2) is 77.6 Å². The minimum absolute atomic E-state index is 0.0308. The highest BCUT2D eigenvalue weighted by Gasteiger charge is 2.28. The standard InChI is InChI=1S/C28H29N3O/c32-28-29-26-13-5-6-14-27(26)31(28)20-15-18-30(19-16-20)17-7-12-25-23-10-3-1-8-21(23)22-9-2-4-11-24(22)25/h1-6,8-11,13-14,20,25H,7,12,15-19H2,(H,29,32). The Balaban J connectivity index is 1.09. The third-order valence-corrected chi connectivity index (χ3v) is 7.48. The number of imidazole rings is 1. The van der Waals surface area contributed by atoms with Gasteiger partial charge in [-0.2, -0.15) is 0 Å². The number of hydrogen-bond donors (Lipinski definition) is 1. The molecule has 0 amide bonds. The second-order valence-corrected chi connectivity index (χ2v) is 9.26. The van der Waals surface area contributed by atoms with Crippen LogP contribution < -0.4 is 5.69 Å². The van der Waals surface area contributed by atoms with Crippen molar-refractivity contribution in [2.75, 3.05) is 19.6 Å². The molecular weight excluding hydrogens is 394 g/mol. The molecule has 2 aliphatic rings. The van der Waals surface area contributed by atoms with Gasteiger partial charge in [0.15, 0.2) is 0 Å². The van der Waals surface area contributed by atoms with Gasteiger partial charge < -0.3 is 9.88 Å². The third-order valence-electron chi connectivity index (χ3n) is 7.48. The van der Waals surface area contributed by atoms with E-state index in [4.69, 9.17) is 0 Å². The molecule has 1 fully saturated rings. The molecule has 4 heteroatoms. The SMILES string of the molecule is O=c1[nH]c2ccccc2n1C1CCN(CCCC2c3ccccc3-c3ccccc32)CC1. The highest BCUT2D eigenvalue weighted by molar-refractivity contribution is 5.78. The first kappa shape index (κ1) is 19.6. The molecule has 1 aliphatic carbocycles. The number of fused-ring (bicyclic) bond motifs is 4. The summed E-state index contributed by atoms with van der Waals surface area (Å²) in [6.45, 7) is 3.26. The van der Waals surface area contributed by atoms with Gasteiger partial charge in [0.05, 0.1) is 11.0 Å². The molecule has 32 heavy (non-hydrogen) atoms. The molecule has 1 saturated heterocycles. The molecule has 1 N–H and O–H groups in total. The predicted molar refractivity (Wildman–Crippen MR) is 130 cm³/mol. The van der Waals surface area contributed by atoms with Crippen LogP contribution in [0.3, 0.4) is 0 Å². The highest BCUT2D eigenvalue weighted by atomic mass is 16.1. The van der Waals surface area contributed by atoms with Gasteiger partial charge in [0.1, 0.15) is 0 Å². The summed E-state index contributed by atoms with van der Waals surface area (Å²) >= 11 is 0. The van der Waals surface area contributed by atoms with E-state index in [0.29, 0.717) is 12.0 Å². The summed E-state index contributed by atoms with van der Waals surface area (Å²) in [4.78, 5) is 18.1. The van der Waals surface area contributed by atoms with Gasteiger partial charge in [-0.3, -0.25) is 4.57 Å². The number of piperidine rings is 1. The second-order valence-electron chi connectivity index (χ2n) is 9.26. The molecule has 1 aliphatic heterocycles. The van der Waals surface area contributed by atoms with Crippen molar-refractivity contribution < 1.29 is 0 Å². The number of likely N-dealkylation sites (tertiary alicyclic amines) is 1. The van der Waals surface area contributed by atoms with Gasteiger partial charge in [-0.15, -0.1) is 0 Å². The van der Waals surface area contributed by atoms with Crippen LogP contribution in [0.5, 0.6) is 0 Å². The summed E-state index contributed by atoms with van der Waals surface area (Å²) in [6, 6.07) is 26.1. The summed E-state index contributed by atoms with van der Waals surface area (Å²) in [7, 11) is 0. The Morgan fingerprint density at radius 3 is 2.16 bits per heavy atom. The fraction of sp³-hybridized carbons (Fsp3) is 0.321. The largest absolute Gasteiger partial charge is 0.326 e. The maximum absolute atomic E-state index is 12.5. The zero-order chi connectivity index (χ0) is 21.5. The maximum atomic E-state index is 12.5. The lowest BCUT2D eigenvalue weighted by atomic mass is 9.92. The Morgan fingerprint density at radius 1 is 0.812 bits per heavy atom. The molecule has 0 bridgehead atoms. The maximum Gasteiger partial charge on any atom is 0.326 e. The van der Waals surface area contributed by atoms with E-state index >= 15 is 0 Å². The number of aromatic amines is 1. The normalized spacial score (nSPS) is 17.0. The van der Waals surface area contributed by atoms with Crippen molar-refractivity contribution in [1.29, 1.82) is 0 Å². The lowest BCUT2D eigenvalue weighted by molar-refractivity contribution is 0.183. The Morgan fingerprint density at radius 2 is 1.44 bits per heavy atom. The van der Waals surface area contributed by atoms with Crippen LogP contribution in [0.4, 0.5) is 0 Å². The molecule has 0 radical (unpaired) electrons. The summed E-state index contributed by atoms with van der Waals surface area (Å²) in [5.41, 5.74) is 7.82. The average molecular weight is 424 g/mol. The average Bonchev–Trinajstić information content (AvgIpc) is 3.34. The first-order chi connectivity index (χ1) is 15.8. The number of benzene rings is 3. The predicted octanol–water partition coefficient (Wildman–Crippen LogP) is 5.56. The zero-order valence-corrected chi connectivity index (χ0v) is 18.3. The van der Waals surface area contributed by atoms with Crippen molar-refractivity contribution in [1.82, 2.24) is 14.5 Å². The van der Waals surface area contributed by atoms with Gasteiger partial charge >= 0.3 is 5.69 Å². The van der Waals surface area contributed by atoms with Crippen LogP contribution in [0.25, 0.3) is 22.2 Å². The Kier molecular flexibility index (Phi) is 4.95. The van der Waals surface area contributed by atoms with E-state index in [1.54, 1.807) is 0 Å². The molecule has 0 saturated carbocycles. The molecule has 4 nitrogen and oxygen atoms in total. The van der Waals surface area contributed by atoms with Crippen LogP contribution in [-0.4, -0.2) is 34.1 Å². The lowest BCUT2D eigenvalue weighted by Gasteiger charge is -2.32. The Bertz CT molecular complexity index is 1260. The quantitative estimate of drug-likeness (QED) is 0.457. The van der Waals surface area contributed by atoms with Crippen molar-refractivity contribution in [3.05, 3.63) is 94.4 Å². The number of H-pyrrole nitrogens is 1. The van der Waals surface area contributed by atoms with E-state index in [1.807, 2.05) is 22.8 Å². The number of rotatable bonds is 5. The molecule has 1 aromatic heterocycles. The highest BCUT2D eigenvalue weighted by Crippen LogP contribution is 2.46. The molecule has 0 unspecified atom stereocenters. The minimum atomic E-state index is 0.0308.